The van der Waals surface area contributed by atoms with E-state index in [-0.39, 0.29) is 24.0 Å². The van der Waals surface area contributed by atoms with E-state index in [9.17, 15) is 9.59 Å². The molecular formula is C24H26ClN5O3. The summed E-state index contributed by atoms with van der Waals surface area (Å²) in [5.74, 6) is 1.08. The van der Waals surface area contributed by atoms with Gasteiger partial charge in [-0.1, -0.05) is 11.6 Å². The molecule has 0 spiro atoms. The summed E-state index contributed by atoms with van der Waals surface area (Å²) in [4.78, 5) is 34.8. The number of aromatic nitrogens is 2. The molecule has 0 unspecified atom stereocenters. The van der Waals surface area contributed by atoms with Gasteiger partial charge in [0.25, 0.3) is 5.91 Å². The van der Waals surface area contributed by atoms with Gasteiger partial charge in [0.05, 0.1) is 16.7 Å². The SMILES string of the molecule is N#Cc1ccc(OC2CCC(NC(=O)c3nccnc3N3CCC(C=O)CC3)CC2)cc1Cl. The predicted octanol–water partition coefficient (Wildman–Crippen LogP) is 3.54. The number of amides is 1. The molecule has 1 aliphatic carbocycles. The molecule has 0 radical (unpaired) electrons. The second-order valence-corrected chi connectivity index (χ2v) is 8.91. The summed E-state index contributed by atoms with van der Waals surface area (Å²) in [5.41, 5.74) is 0.750. The third-order valence-electron chi connectivity index (χ3n) is 6.30. The Morgan fingerprint density at radius 2 is 1.88 bits per heavy atom. The minimum absolute atomic E-state index is 0.0355. The number of halogens is 1. The molecule has 2 aromatic rings. The molecular weight excluding hydrogens is 442 g/mol. The maximum atomic E-state index is 13.0. The third-order valence-corrected chi connectivity index (χ3v) is 6.61. The van der Waals surface area contributed by atoms with Crippen LogP contribution in [-0.4, -0.2) is 47.4 Å². The quantitative estimate of drug-likeness (QED) is 0.647. The van der Waals surface area contributed by atoms with Crippen molar-refractivity contribution in [2.75, 3.05) is 18.0 Å². The van der Waals surface area contributed by atoms with Gasteiger partial charge in [-0.15, -0.1) is 0 Å². The lowest BCUT2D eigenvalue weighted by atomic mass is 9.92. The number of nitrogens with zero attached hydrogens (tertiary/aromatic N) is 4. The number of anilines is 1. The maximum absolute atomic E-state index is 13.0. The van der Waals surface area contributed by atoms with Gasteiger partial charge in [-0.25, -0.2) is 9.97 Å². The van der Waals surface area contributed by atoms with E-state index in [4.69, 9.17) is 21.6 Å². The molecule has 8 nitrogen and oxygen atoms in total. The summed E-state index contributed by atoms with van der Waals surface area (Å²) in [6, 6.07) is 7.16. The van der Waals surface area contributed by atoms with Crippen molar-refractivity contribution in [2.45, 2.75) is 50.7 Å². The second-order valence-electron chi connectivity index (χ2n) is 8.51. The van der Waals surface area contributed by atoms with Crippen LogP contribution >= 0.6 is 11.6 Å². The van der Waals surface area contributed by atoms with Gasteiger partial charge in [-0.05, 0) is 50.7 Å². The van der Waals surface area contributed by atoms with Gasteiger partial charge >= 0.3 is 0 Å². The summed E-state index contributed by atoms with van der Waals surface area (Å²) < 4.78 is 6.03. The van der Waals surface area contributed by atoms with E-state index in [1.807, 2.05) is 11.0 Å². The Hall–Kier alpha value is -3.18. The number of carbonyl (C=O) groups is 2. The van der Waals surface area contributed by atoms with Crippen LogP contribution in [0.1, 0.15) is 54.6 Å². The van der Waals surface area contributed by atoms with Gasteiger partial charge in [-0.3, -0.25) is 4.79 Å². The number of ether oxygens (including phenoxy) is 1. The molecule has 1 aromatic carbocycles. The van der Waals surface area contributed by atoms with Crippen LogP contribution in [0.25, 0.3) is 0 Å². The number of aldehydes is 1. The largest absolute Gasteiger partial charge is 0.490 e. The van der Waals surface area contributed by atoms with Gasteiger partial charge in [0, 0.05) is 43.5 Å². The van der Waals surface area contributed by atoms with E-state index in [0.29, 0.717) is 40.9 Å². The molecule has 2 heterocycles. The van der Waals surface area contributed by atoms with Crippen molar-refractivity contribution in [1.82, 2.24) is 15.3 Å². The van der Waals surface area contributed by atoms with Gasteiger partial charge in [0.15, 0.2) is 11.5 Å². The van der Waals surface area contributed by atoms with Crippen molar-refractivity contribution in [3.05, 3.63) is 46.9 Å². The van der Waals surface area contributed by atoms with Gasteiger partial charge in [0.2, 0.25) is 0 Å². The Kier molecular flexibility index (Phi) is 7.40. The maximum Gasteiger partial charge on any atom is 0.273 e. The Morgan fingerprint density at radius 3 is 2.55 bits per heavy atom. The molecule has 2 aliphatic rings. The van der Waals surface area contributed by atoms with Crippen LogP contribution in [0, 0.1) is 17.2 Å². The molecule has 9 heteroatoms. The minimum Gasteiger partial charge on any atom is -0.490 e. The molecule has 1 amide bonds. The van der Waals surface area contributed by atoms with Crippen LogP contribution in [0.4, 0.5) is 5.82 Å². The summed E-state index contributed by atoms with van der Waals surface area (Å²) in [6.07, 6.45) is 8.88. The first-order valence-electron chi connectivity index (χ1n) is 11.3. The minimum atomic E-state index is -0.223. The lowest BCUT2D eigenvalue weighted by Gasteiger charge is -2.32. The van der Waals surface area contributed by atoms with Crippen LogP contribution in [0.2, 0.25) is 5.02 Å². The first-order valence-corrected chi connectivity index (χ1v) is 11.6. The zero-order valence-corrected chi connectivity index (χ0v) is 19.0. The zero-order chi connectivity index (χ0) is 23.2. The molecule has 0 atom stereocenters. The summed E-state index contributed by atoms with van der Waals surface area (Å²) >= 11 is 6.09. The molecule has 33 heavy (non-hydrogen) atoms. The van der Waals surface area contributed by atoms with Gasteiger partial charge in [-0.2, -0.15) is 5.26 Å². The fourth-order valence-corrected chi connectivity index (χ4v) is 4.61. The van der Waals surface area contributed by atoms with Crippen LogP contribution < -0.4 is 15.0 Å². The first-order chi connectivity index (χ1) is 16.1. The Morgan fingerprint density at radius 1 is 1.15 bits per heavy atom. The number of piperidine rings is 1. The van der Waals surface area contributed by atoms with Gasteiger partial charge in [0.1, 0.15) is 18.1 Å². The van der Waals surface area contributed by atoms with Crippen LogP contribution in [-0.2, 0) is 4.79 Å². The lowest BCUT2D eigenvalue weighted by molar-refractivity contribution is -0.111. The van der Waals surface area contributed by atoms with Crippen LogP contribution in [0.3, 0.4) is 0 Å². The number of nitrogens with one attached hydrogen (secondary N) is 1. The number of carbonyl (C=O) groups excluding carboxylic acids is 2. The lowest BCUT2D eigenvalue weighted by Crippen LogP contribution is -2.41. The second kappa shape index (κ2) is 10.6. The fraction of sp³-hybridized carbons (Fsp3) is 0.458. The van der Waals surface area contributed by atoms with E-state index in [0.717, 1.165) is 44.8 Å². The van der Waals surface area contributed by atoms with Crippen molar-refractivity contribution in [2.24, 2.45) is 5.92 Å². The van der Waals surface area contributed by atoms with E-state index < -0.39 is 0 Å². The normalized spacial score (nSPS) is 21.2. The molecule has 0 bridgehead atoms. The number of rotatable bonds is 6. The van der Waals surface area contributed by atoms with Crippen molar-refractivity contribution >= 4 is 29.6 Å². The van der Waals surface area contributed by atoms with Crippen molar-refractivity contribution in [3.8, 4) is 11.8 Å². The van der Waals surface area contributed by atoms with Crippen molar-refractivity contribution in [1.29, 1.82) is 5.26 Å². The van der Waals surface area contributed by atoms with Gasteiger partial charge < -0.3 is 19.7 Å². The molecule has 4 rings (SSSR count). The number of nitriles is 1. The molecule has 1 aliphatic heterocycles. The Bertz CT molecular complexity index is 1040. The number of benzene rings is 1. The van der Waals surface area contributed by atoms with E-state index in [1.165, 1.54) is 6.20 Å². The summed E-state index contributed by atoms with van der Waals surface area (Å²) in [5, 5.41) is 12.5. The van der Waals surface area contributed by atoms with E-state index in [2.05, 4.69) is 15.3 Å². The zero-order valence-electron chi connectivity index (χ0n) is 18.2. The molecule has 1 N–H and O–H groups in total. The van der Waals surface area contributed by atoms with Crippen molar-refractivity contribution in [3.63, 3.8) is 0 Å². The molecule has 1 saturated heterocycles. The molecule has 2 fully saturated rings. The monoisotopic (exact) mass is 467 g/mol. The highest BCUT2D eigenvalue weighted by molar-refractivity contribution is 6.31. The smallest absolute Gasteiger partial charge is 0.273 e. The number of hydrogen-bond acceptors (Lipinski definition) is 7. The Balaban J connectivity index is 1.31. The predicted molar refractivity (Wildman–Crippen MR) is 123 cm³/mol. The molecule has 172 valence electrons. The van der Waals surface area contributed by atoms with E-state index >= 15 is 0 Å². The first kappa shape index (κ1) is 23.0. The summed E-state index contributed by atoms with van der Waals surface area (Å²) in [7, 11) is 0. The fourth-order valence-electron chi connectivity index (χ4n) is 4.40. The van der Waals surface area contributed by atoms with Crippen LogP contribution in [0.15, 0.2) is 30.6 Å². The summed E-state index contributed by atoms with van der Waals surface area (Å²) in [6.45, 7) is 1.37. The Labute approximate surface area is 197 Å². The highest BCUT2D eigenvalue weighted by Gasteiger charge is 2.28. The topological polar surface area (TPSA) is 108 Å². The average Bonchev–Trinajstić information content (AvgIpc) is 2.85. The third kappa shape index (κ3) is 5.60. The standard InChI is InChI=1S/C24H26ClN5O3/c25-21-13-20(4-1-17(21)14-26)33-19-5-2-18(3-6-19)29-24(32)22-23(28-10-9-27-22)30-11-7-16(15-31)8-12-30/h1,4,9-10,13,15-16,18-19H,2-3,5-8,11-12H2,(H,29,32). The van der Waals surface area contributed by atoms with Crippen LogP contribution in [0.5, 0.6) is 5.75 Å². The van der Waals surface area contributed by atoms with E-state index in [1.54, 1.807) is 24.4 Å². The highest BCUT2D eigenvalue weighted by atomic mass is 35.5. The highest BCUT2D eigenvalue weighted by Crippen LogP contribution is 2.28. The molecule has 1 saturated carbocycles. The van der Waals surface area contributed by atoms with Crippen molar-refractivity contribution < 1.29 is 14.3 Å². The average molecular weight is 468 g/mol. The molecule has 1 aromatic heterocycles. The number of hydrogen-bond donors (Lipinski definition) is 1.